The van der Waals surface area contributed by atoms with E-state index in [0.717, 1.165) is 12.0 Å². The second kappa shape index (κ2) is 6.17. The Bertz CT molecular complexity index is 340. The van der Waals surface area contributed by atoms with Crippen molar-refractivity contribution in [3.8, 4) is 0 Å². The largest absolute Gasteiger partial charge is 0.310 e. The van der Waals surface area contributed by atoms with Crippen molar-refractivity contribution in [1.29, 1.82) is 0 Å². The van der Waals surface area contributed by atoms with Crippen LogP contribution in [-0.2, 0) is 6.42 Å². The number of benzene rings is 1. The zero-order valence-electron chi connectivity index (χ0n) is 9.15. The van der Waals surface area contributed by atoms with Crippen LogP contribution in [0.3, 0.4) is 0 Å². The van der Waals surface area contributed by atoms with Crippen molar-refractivity contribution in [2.24, 2.45) is 0 Å². The zero-order chi connectivity index (χ0) is 12.0. The minimum absolute atomic E-state index is 0.251. The fraction of sp³-hybridized carbons (Fsp3) is 0.455. The highest BCUT2D eigenvalue weighted by atomic mass is 19.1. The third kappa shape index (κ3) is 4.35. The lowest BCUT2D eigenvalue weighted by Gasteiger charge is -2.06. The van der Waals surface area contributed by atoms with Crippen LogP contribution in [0.1, 0.15) is 12.5 Å². The number of rotatable bonds is 6. The Morgan fingerprint density at radius 2 is 2.06 bits per heavy atom. The summed E-state index contributed by atoms with van der Waals surface area (Å²) >= 11 is 0. The Labute approximate surface area is 93.6 Å². The minimum atomic E-state index is -0.576. The molecule has 1 aromatic carbocycles. The molecule has 0 aromatic heterocycles. The first-order valence-electron chi connectivity index (χ1n) is 5.18. The fourth-order valence-corrected chi connectivity index (χ4v) is 1.27. The molecule has 16 heavy (non-hydrogen) atoms. The molecule has 1 rings (SSSR count). The van der Waals surface area contributed by atoms with Gasteiger partial charge in [-0.1, -0.05) is 12.1 Å². The van der Waals surface area contributed by atoms with Crippen LogP contribution in [0.2, 0.25) is 0 Å². The molecule has 0 fully saturated rings. The predicted octanol–water partition coefficient (Wildman–Crippen LogP) is 1.62. The Morgan fingerprint density at radius 1 is 1.44 bits per heavy atom. The first kappa shape index (κ1) is 12.6. The number of nitro groups is 1. The molecule has 0 amide bonds. The number of nitrogens with zero attached hydrogens (tertiary/aromatic N) is 1. The summed E-state index contributed by atoms with van der Waals surface area (Å²) in [6.07, 6.45) is 0.741. The SMILES string of the molecule is CC(CNCCc1ccc(F)cc1)[N+](=O)[O-]. The van der Waals surface area contributed by atoms with Crippen LogP contribution < -0.4 is 5.32 Å². The Morgan fingerprint density at radius 3 is 2.62 bits per heavy atom. The first-order valence-corrected chi connectivity index (χ1v) is 5.18. The van der Waals surface area contributed by atoms with Crippen LogP contribution in [-0.4, -0.2) is 24.1 Å². The van der Waals surface area contributed by atoms with E-state index < -0.39 is 6.04 Å². The van der Waals surface area contributed by atoms with Crippen molar-refractivity contribution in [3.05, 3.63) is 45.8 Å². The van der Waals surface area contributed by atoms with E-state index in [9.17, 15) is 14.5 Å². The van der Waals surface area contributed by atoms with Gasteiger partial charge in [-0.05, 0) is 30.7 Å². The molecule has 5 heteroatoms. The number of halogens is 1. The number of hydrogen-bond donors (Lipinski definition) is 1. The fourth-order valence-electron chi connectivity index (χ4n) is 1.27. The van der Waals surface area contributed by atoms with Crippen LogP contribution in [0.5, 0.6) is 0 Å². The zero-order valence-corrected chi connectivity index (χ0v) is 9.15. The van der Waals surface area contributed by atoms with Gasteiger partial charge in [0.15, 0.2) is 0 Å². The maximum atomic E-state index is 12.6. The molecule has 0 spiro atoms. The summed E-state index contributed by atoms with van der Waals surface area (Å²) < 4.78 is 12.6. The minimum Gasteiger partial charge on any atom is -0.310 e. The topological polar surface area (TPSA) is 55.2 Å². The van der Waals surface area contributed by atoms with Crippen molar-refractivity contribution in [3.63, 3.8) is 0 Å². The van der Waals surface area contributed by atoms with E-state index in [2.05, 4.69) is 5.32 Å². The van der Waals surface area contributed by atoms with Gasteiger partial charge < -0.3 is 5.32 Å². The highest BCUT2D eigenvalue weighted by Gasteiger charge is 2.10. The summed E-state index contributed by atoms with van der Waals surface area (Å²) in [5.41, 5.74) is 1.02. The van der Waals surface area contributed by atoms with Gasteiger partial charge >= 0.3 is 0 Å². The summed E-state index contributed by atoms with van der Waals surface area (Å²) in [5, 5.41) is 13.3. The Balaban J connectivity index is 2.21. The molecule has 1 aromatic rings. The quantitative estimate of drug-likeness (QED) is 0.455. The van der Waals surface area contributed by atoms with E-state index in [-0.39, 0.29) is 10.7 Å². The van der Waals surface area contributed by atoms with Crippen LogP contribution in [0.4, 0.5) is 4.39 Å². The maximum Gasteiger partial charge on any atom is 0.222 e. The normalized spacial score (nSPS) is 12.4. The number of nitrogens with one attached hydrogen (secondary N) is 1. The van der Waals surface area contributed by atoms with Crippen LogP contribution in [0.25, 0.3) is 0 Å². The van der Waals surface area contributed by atoms with Crippen LogP contribution >= 0.6 is 0 Å². The highest BCUT2D eigenvalue weighted by molar-refractivity contribution is 5.16. The van der Waals surface area contributed by atoms with E-state index in [1.165, 1.54) is 12.1 Å². The Hall–Kier alpha value is -1.49. The molecule has 0 saturated carbocycles. The van der Waals surface area contributed by atoms with Crippen LogP contribution in [0.15, 0.2) is 24.3 Å². The van der Waals surface area contributed by atoms with Gasteiger partial charge in [0.2, 0.25) is 6.04 Å². The molecule has 88 valence electrons. The summed E-state index contributed by atoms with van der Waals surface area (Å²) in [4.78, 5) is 10.0. The monoisotopic (exact) mass is 226 g/mol. The van der Waals surface area contributed by atoms with Crippen molar-refractivity contribution in [2.45, 2.75) is 19.4 Å². The molecule has 0 radical (unpaired) electrons. The van der Waals surface area contributed by atoms with E-state index in [4.69, 9.17) is 0 Å². The van der Waals surface area contributed by atoms with Crippen molar-refractivity contribution >= 4 is 0 Å². The molecule has 0 bridgehead atoms. The molecular weight excluding hydrogens is 211 g/mol. The van der Waals surface area contributed by atoms with E-state index >= 15 is 0 Å². The molecule has 1 atom stereocenters. The molecule has 1 N–H and O–H groups in total. The van der Waals surface area contributed by atoms with Crippen LogP contribution in [0, 0.1) is 15.9 Å². The smallest absolute Gasteiger partial charge is 0.222 e. The third-order valence-corrected chi connectivity index (χ3v) is 2.30. The lowest BCUT2D eigenvalue weighted by Crippen LogP contribution is -2.31. The van der Waals surface area contributed by atoms with Gasteiger partial charge in [-0.3, -0.25) is 10.1 Å². The first-order chi connectivity index (χ1) is 7.59. The molecule has 0 aliphatic rings. The van der Waals surface area contributed by atoms with Gasteiger partial charge in [-0.2, -0.15) is 0 Å². The molecule has 4 nitrogen and oxygen atoms in total. The molecule has 0 saturated heterocycles. The van der Waals surface area contributed by atoms with Crippen molar-refractivity contribution in [1.82, 2.24) is 5.32 Å². The standard InChI is InChI=1S/C11H15FN2O2/c1-9(14(15)16)8-13-7-6-10-2-4-11(12)5-3-10/h2-5,9,13H,6-8H2,1H3. The van der Waals surface area contributed by atoms with Gasteiger partial charge in [0.05, 0.1) is 6.54 Å². The van der Waals surface area contributed by atoms with Gasteiger partial charge in [0, 0.05) is 11.8 Å². The average molecular weight is 226 g/mol. The average Bonchev–Trinajstić information content (AvgIpc) is 2.26. The number of hydrogen-bond acceptors (Lipinski definition) is 3. The van der Waals surface area contributed by atoms with E-state index in [0.29, 0.717) is 13.1 Å². The third-order valence-electron chi connectivity index (χ3n) is 2.30. The van der Waals surface area contributed by atoms with E-state index in [1.54, 1.807) is 19.1 Å². The highest BCUT2D eigenvalue weighted by Crippen LogP contribution is 2.02. The second-order valence-corrected chi connectivity index (χ2v) is 3.71. The van der Waals surface area contributed by atoms with Gasteiger partial charge in [-0.25, -0.2) is 4.39 Å². The summed E-state index contributed by atoms with van der Waals surface area (Å²) in [7, 11) is 0. The lowest BCUT2D eigenvalue weighted by atomic mass is 10.1. The maximum absolute atomic E-state index is 12.6. The summed E-state index contributed by atoms with van der Waals surface area (Å²) in [5.74, 6) is -0.251. The molecule has 0 aliphatic carbocycles. The lowest BCUT2D eigenvalue weighted by molar-refractivity contribution is -0.515. The van der Waals surface area contributed by atoms with Crippen molar-refractivity contribution < 1.29 is 9.31 Å². The van der Waals surface area contributed by atoms with Gasteiger partial charge in [-0.15, -0.1) is 0 Å². The van der Waals surface area contributed by atoms with E-state index in [1.807, 2.05) is 0 Å². The predicted molar refractivity (Wildman–Crippen MR) is 59.4 cm³/mol. The molecular formula is C11H15FN2O2. The van der Waals surface area contributed by atoms with Gasteiger partial charge in [0.25, 0.3) is 0 Å². The molecule has 0 heterocycles. The molecule has 1 unspecified atom stereocenters. The summed E-state index contributed by atoms with van der Waals surface area (Å²) in [6, 6.07) is 5.68. The second-order valence-electron chi connectivity index (χ2n) is 3.71. The van der Waals surface area contributed by atoms with Gasteiger partial charge in [0.1, 0.15) is 5.82 Å². The Kier molecular flexibility index (Phi) is 4.85. The van der Waals surface area contributed by atoms with Crippen molar-refractivity contribution in [2.75, 3.05) is 13.1 Å². The summed E-state index contributed by atoms with van der Waals surface area (Å²) in [6.45, 7) is 2.57. The molecule has 0 aliphatic heterocycles.